The van der Waals surface area contributed by atoms with Crippen LogP contribution in [0.1, 0.15) is 45.7 Å². The van der Waals surface area contributed by atoms with Crippen LogP contribution < -0.4 is 0 Å². The van der Waals surface area contributed by atoms with Crippen LogP contribution in [0.4, 0.5) is 11.4 Å². The number of isocyanates is 2. The molecule has 0 aliphatic rings. The summed E-state index contributed by atoms with van der Waals surface area (Å²) in [6.07, 6.45) is 3.77. The standard InChI is InChI=1S/C15H10N2O2.C8H6O4.C5H12O2/c18-10-16-14-5-1-12(2-6-14)9-13-3-7-15(8-4-13)17-11-19;9-7(10)5-2-1-3-6(4-5)8(11)12;1-5(2,3-6)4-7/h1-8H,9H2;1-4H,(H,9,10)(H,11,12);6-7H,3-4H2,1-2H3. The molecular formula is C28H28N2O8. The van der Waals surface area contributed by atoms with E-state index in [9.17, 15) is 19.2 Å². The van der Waals surface area contributed by atoms with E-state index in [-0.39, 0.29) is 29.8 Å². The van der Waals surface area contributed by atoms with Crippen molar-refractivity contribution >= 4 is 35.5 Å². The number of aromatic carboxylic acids is 2. The van der Waals surface area contributed by atoms with Gasteiger partial charge in [-0.3, -0.25) is 0 Å². The third-order valence-electron chi connectivity index (χ3n) is 4.84. The second kappa shape index (κ2) is 16.1. The van der Waals surface area contributed by atoms with Crippen molar-refractivity contribution in [1.82, 2.24) is 0 Å². The van der Waals surface area contributed by atoms with Crippen LogP contribution in [-0.2, 0) is 16.0 Å². The number of nitrogens with zero attached hydrogens (tertiary/aromatic N) is 2. The summed E-state index contributed by atoms with van der Waals surface area (Å²) < 4.78 is 0. The molecule has 3 aromatic carbocycles. The van der Waals surface area contributed by atoms with Gasteiger partial charge < -0.3 is 20.4 Å². The van der Waals surface area contributed by atoms with Gasteiger partial charge in [-0.15, -0.1) is 0 Å². The Labute approximate surface area is 219 Å². The quantitative estimate of drug-likeness (QED) is 0.251. The molecule has 10 heteroatoms. The topological polar surface area (TPSA) is 174 Å². The SMILES string of the molecule is CC(C)(CO)CO.O=C(O)c1cccc(C(=O)O)c1.O=C=Nc1ccc(Cc2ccc(N=C=O)cc2)cc1. The summed E-state index contributed by atoms with van der Waals surface area (Å²) in [5.41, 5.74) is 3.06. The summed E-state index contributed by atoms with van der Waals surface area (Å²) in [5, 5.41) is 33.9. The lowest BCUT2D eigenvalue weighted by atomic mass is 9.97. The molecule has 0 aliphatic heterocycles. The van der Waals surface area contributed by atoms with Crippen molar-refractivity contribution < 1.29 is 39.6 Å². The highest BCUT2D eigenvalue weighted by Gasteiger charge is 2.13. The highest BCUT2D eigenvalue weighted by molar-refractivity contribution is 5.93. The minimum absolute atomic E-state index is 0.0186. The third-order valence-corrected chi connectivity index (χ3v) is 4.84. The number of carboxylic acids is 2. The molecule has 0 radical (unpaired) electrons. The lowest BCUT2D eigenvalue weighted by Gasteiger charge is -2.16. The van der Waals surface area contributed by atoms with E-state index in [0.717, 1.165) is 23.6 Å². The Morgan fingerprint density at radius 1 is 0.711 bits per heavy atom. The number of rotatable bonds is 8. The zero-order valence-electron chi connectivity index (χ0n) is 20.9. The van der Waals surface area contributed by atoms with Crippen LogP contribution in [-0.4, -0.2) is 57.7 Å². The fraction of sp³-hybridized carbons (Fsp3) is 0.214. The highest BCUT2D eigenvalue weighted by atomic mass is 16.4. The molecule has 0 heterocycles. The van der Waals surface area contributed by atoms with E-state index in [2.05, 4.69) is 9.98 Å². The molecule has 10 nitrogen and oxygen atoms in total. The predicted octanol–water partition coefficient (Wildman–Crippen LogP) is 4.29. The molecule has 0 spiro atoms. The summed E-state index contributed by atoms with van der Waals surface area (Å²) >= 11 is 0. The van der Waals surface area contributed by atoms with Gasteiger partial charge in [-0.1, -0.05) is 44.2 Å². The zero-order valence-corrected chi connectivity index (χ0v) is 20.9. The van der Waals surface area contributed by atoms with Gasteiger partial charge in [-0.25, -0.2) is 19.2 Å². The molecule has 0 aliphatic carbocycles. The monoisotopic (exact) mass is 520 g/mol. The lowest BCUT2D eigenvalue weighted by molar-refractivity contribution is 0.0696. The molecule has 0 unspecified atom stereocenters. The maximum Gasteiger partial charge on any atom is 0.335 e. The summed E-state index contributed by atoms with van der Waals surface area (Å²) in [6, 6.07) is 19.9. The molecule has 0 atom stereocenters. The summed E-state index contributed by atoms with van der Waals surface area (Å²) in [4.78, 5) is 48.0. The first kappa shape index (κ1) is 31.3. The number of aliphatic hydroxyl groups excluding tert-OH is 2. The van der Waals surface area contributed by atoms with Crippen molar-refractivity contribution in [3.8, 4) is 0 Å². The van der Waals surface area contributed by atoms with E-state index in [4.69, 9.17) is 20.4 Å². The molecule has 0 aromatic heterocycles. The van der Waals surface area contributed by atoms with Crippen LogP contribution in [0.25, 0.3) is 0 Å². The van der Waals surface area contributed by atoms with Gasteiger partial charge in [0.2, 0.25) is 12.2 Å². The van der Waals surface area contributed by atoms with Gasteiger partial charge in [0.25, 0.3) is 0 Å². The Bertz CT molecular complexity index is 1190. The summed E-state index contributed by atoms with van der Waals surface area (Å²) in [7, 11) is 0. The maximum absolute atomic E-state index is 10.4. The molecular weight excluding hydrogens is 492 g/mol. The van der Waals surface area contributed by atoms with E-state index >= 15 is 0 Å². The van der Waals surface area contributed by atoms with Gasteiger partial charge in [-0.2, -0.15) is 9.98 Å². The van der Waals surface area contributed by atoms with Gasteiger partial charge in [0.15, 0.2) is 0 Å². The molecule has 3 rings (SSSR count). The molecule has 0 bridgehead atoms. The smallest absolute Gasteiger partial charge is 0.335 e. The van der Waals surface area contributed by atoms with E-state index in [1.165, 1.54) is 30.4 Å². The zero-order chi connectivity index (χ0) is 28.6. The number of carbonyl (C=O) groups is 2. The first-order chi connectivity index (χ1) is 18.0. The third kappa shape index (κ3) is 11.8. The predicted molar refractivity (Wildman–Crippen MR) is 140 cm³/mol. The van der Waals surface area contributed by atoms with E-state index in [0.29, 0.717) is 11.4 Å². The number of carbonyl (C=O) groups excluding carboxylic acids is 2. The summed E-state index contributed by atoms with van der Waals surface area (Å²) in [5.74, 6) is -2.25. The van der Waals surface area contributed by atoms with Crippen LogP contribution >= 0.6 is 0 Å². The normalized spacial score (nSPS) is 9.79. The number of hydrogen-bond donors (Lipinski definition) is 4. The fourth-order valence-electron chi connectivity index (χ4n) is 2.55. The Kier molecular flexibility index (Phi) is 13.3. The van der Waals surface area contributed by atoms with Crippen LogP contribution in [0.15, 0.2) is 82.8 Å². The van der Waals surface area contributed by atoms with Crippen LogP contribution in [0.5, 0.6) is 0 Å². The second-order valence-corrected chi connectivity index (χ2v) is 8.59. The Morgan fingerprint density at radius 3 is 1.34 bits per heavy atom. The van der Waals surface area contributed by atoms with E-state index < -0.39 is 11.9 Å². The molecule has 3 aromatic rings. The average Bonchev–Trinajstić information content (AvgIpc) is 2.92. The van der Waals surface area contributed by atoms with Crippen molar-refractivity contribution in [3.63, 3.8) is 0 Å². The highest BCUT2D eigenvalue weighted by Crippen LogP contribution is 2.18. The minimum atomic E-state index is -1.13. The first-order valence-corrected chi connectivity index (χ1v) is 11.2. The Hall–Kier alpha value is -4.72. The number of hydrogen-bond acceptors (Lipinski definition) is 8. The van der Waals surface area contributed by atoms with Gasteiger partial charge in [-0.05, 0) is 60.0 Å². The fourth-order valence-corrected chi connectivity index (χ4v) is 2.55. The van der Waals surface area contributed by atoms with Crippen molar-refractivity contribution in [2.75, 3.05) is 13.2 Å². The number of aliphatic imine (C=N–C) groups is 2. The van der Waals surface area contributed by atoms with Gasteiger partial charge in [0, 0.05) is 5.41 Å². The number of aliphatic hydroxyl groups is 2. The molecule has 0 saturated heterocycles. The molecule has 0 amide bonds. The minimum Gasteiger partial charge on any atom is -0.478 e. The van der Waals surface area contributed by atoms with Gasteiger partial charge >= 0.3 is 11.9 Å². The van der Waals surface area contributed by atoms with Crippen LogP contribution in [0.2, 0.25) is 0 Å². The van der Waals surface area contributed by atoms with Crippen molar-refractivity contribution in [2.45, 2.75) is 20.3 Å². The maximum atomic E-state index is 10.4. The van der Waals surface area contributed by atoms with Crippen LogP contribution in [0.3, 0.4) is 0 Å². The molecule has 4 N–H and O–H groups in total. The molecule has 0 fully saturated rings. The summed E-state index contributed by atoms with van der Waals surface area (Å²) in [6.45, 7) is 3.69. The molecule has 198 valence electrons. The van der Waals surface area contributed by atoms with Crippen LogP contribution in [0, 0.1) is 5.41 Å². The molecule has 0 saturated carbocycles. The largest absolute Gasteiger partial charge is 0.478 e. The number of carboxylic acid groups (broad SMARTS) is 2. The molecule has 38 heavy (non-hydrogen) atoms. The van der Waals surface area contributed by atoms with Gasteiger partial charge in [0.1, 0.15) is 0 Å². The second-order valence-electron chi connectivity index (χ2n) is 8.59. The lowest BCUT2D eigenvalue weighted by Crippen LogP contribution is -2.20. The first-order valence-electron chi connectivity index (χ1n) is 11.2. The van der Waals surface area contributed by atoms with Crippen molar-refractivity contribution in [3.05, 3.63) is 95.1 Å². The Balaban J connectivity index is 0.000000324. The van der Waals surface area contributed by atoms with E-state index in [1.54, 1.807) is 38.1 Å². The Morgan fingerprint density at radius 2 is 1.08 bits per heavy atom. The van der Waals surface area contributed by atoms with Gasteiger partial charge in [0.05, 0.1) is 35.7 Å². The van der Waals surface area contributed by atoms with Crippen molar-refractivity contribution in [1.29, 1.82) is 0 Å². The number of benzene rings is 3. The average molecular weight is 521 g/mol. The van der Waals surface area contributed by atoms with E-state index in [1.807, 2.05) is 24.3 Å². The van der Waals surface area contributed by atoms with Crippen molar-refractivity contribution in [2.24, 2.45) is 15.4 Å².